The highest BCUT2D eigenvalue weighted by molar-refractivity contribution is 9.10. The minimum atomic E-state index is -3.36. The predicted octanol–water partition coefficient (Wildman–Crippen LogP) is 1.76. The normalized spacial score (nSPS) is 20.4. The smallest absolute Gasteiger partial charge is 0.235 e. The molecule has 5 nitrogen and oxygen atoms in total. The van der Waals surface area contributed by atoms with Crippen LogP contribution in [-0.2, 0) is 14.8 Å². The van der Waals surface area contributed by atoms with Crippen molar-refractivity contribution < 1.29 is 13.2 Å². The second-order valence-electron chi connectivity index (χ2n) is 3.89. The molecule has 0 aromatic carbocycles. The van der Waals surface area contributed by atoms with Crippen molar-refractivity contribution in [1.82, 2.24) is 4.98 Å². The van der Waals surface area contributed by atoms with Gasteiger partial charge in [-0.3, -0.25) is 4.72 Å². The van der Waals surface area contributed by atoms with Crippen molar-refractivity contribution in [3.8, 4) is 0 Å². The summed E-state index contributed by atoms with van der Waals surface area (Å²) in [7, 11) is -3.36. The monoisotopic (exact) mass is 320 g/mol. The number of hydrogen-bond acceptors (Lipinski definition) is 4. The summed E-state index contributed by atoms with van der Waals surface area (Å²) >= 11 is 3.19. The molecule has 17 heavy (non-hydrogen) atoms. The Hall–Kier alpha value is -0.660. The van der Waals surface area contributed by atoms with Gasteiger partial charge in [-0.2, -0.15) is 0 Å². The molecule has 0 saturated carbocycles. The molecule has 0 aliphatic carbocycles. The molecule has 94 valence electrons. The largest absolute Gasteiger partial charge is 0.377 e. The number of halogens is 1. The van der Waals surface area contributed by atoms with E-state index in [9.17, 15) is 8.42 Å². The van der Waals surface area contributed by atoms with Gasteiger partial charge in [0, 0.05) is 6.61 Å². The van der Waals surface area contributed by atoms with Gasteiger partial charge in [0.2, 0.25) is 10.0 Å². The van der Waals surface area contributed by atoms with Crippen LogP contribution in [-0.4, -0.2) is 31.9 Å². The van der Waals surface area contributed by atoms with E-state index in [0.29, 0.717) is 16.9 Å². The van der Waals surface area contributed by atoms with Crippen molar-refractivity contribution in [3.63, 3.8) is 0 Å². The molecule has 7 heteroatoms. The van der Waals surface area contributed by atoms with Gasteiger partial charge in [0.25, 0.3) is 0 Å². The van der Waals surface area contributed by atoms with E-state index in [2.05, 4.69) is 25.6 Å². The number of pyridine rings is 1. The lowest BCUT2D eigenvalue weighted by Crippen LogP contribution is -2.25. The molecule has 0 bridgehead atoms. The first kappa shape index (κ1) is 12.8. The van der Waals surface area contributed by atoms with E-state index in [1.54, 1.807) is 12.1 Å². The molecular weight excluding hydrogens is 308 g/mol. The van der Waals surface area contributed by atoms with Crippen molar-refractivity contribution in [2.45, 2.75) is 18.9 Å². The average molecular weight is 321 g/mol. The van der Waals surface area contributed by atoms with E-state index in [-0.39, 0.29) is 11.9 Å². The Morgan fingerprint density at radius 1 is 1.53 bits per heavy atom. The SMILES string of the molecule is O=S(=O)(CC1CCCO1)Nc1ccc(Br)nc1. The van der Waals surface area contributed by atoms with Gasteiger partial charge in [-0.25, -0.2) is 13.4 Å². The van der Waals surface area contributed by atoms with E-state index in [0.717, 1.165) is 12.8 Å². The summed E-state index contributed by atoms with van der Waals surface area (Å²) < 4.78 is 32.1. The number of anilines is 1. The summed E-state index contributed by atoms with van der Waals surface area (Å²) in [4.78, 5) is 3.95. The highest BCUT2D eigenvalue weighted by Crippen LogP contribution is 2.16. The molecule has 1 atom stereocenters. The molecule has 1 saturated heterocycles. The first-order chi connectivity index (χ1) is 8.05. The van der Waals surface area contributed by atoms with Gasteiger partial charge in [0.15, 0.2) is 0 Å². The summed E-state index contributed by atoms with van der Waals surface area (Å²) in [6, 6.07) is 3.34. The third-order valence-corrected chi connectivity index (χ3v) is 4.26. The van der Waals surface area contributed by atoms with Gasteiger partial charge in [0.1, 0.15) is 4.60 Å². The van der Waals surface area contributed by atoms with E-state index in [4.69, 9.17) is 4.74 Å². The number of aromatic nitrogens is 1. The van der Waals surface area contributed by atoms with Gasteiger partial charge in [-0.05, 0) is 40.9 Å². The fraction of sp³-hybridized carbons (Fsp3) is 0.500. The third kappa shape index (κ3) is 3.93. The number of rotatable bonds is 4. The Labute approximate surface area is 109 Å². The van der Waals surface area contributed by atoms with Crippen LogP contribution in [0.3, 0.4) is 0 Å². The Balaban J connectivity index is 1.98. The average Bonchev–Trinajstić information content (AvgIpc) is 2.73. The van der Waals surface area contributed by atoms with Crippen molar-refractivity contribution >= 4 is 31.6 Å². The maximum atomic E-state index is 11.8. The Kier molecular flexibility index (Phi) is 4.01. The molecule has 1 unspecified atom stereocenters. The molecule has 1 N–H and O–H groups in total. The van der Waals surface area contributed by atoms with Crippen LogP contribution in [0.5, 0.6) is 0 Å². The summed E-state index contributed by atoms with van der Waals surface area (Å²) in [5, 5.41) is 0. The molecule has 2 rings (SSSR count). The Morgan fingerprint density at radius 3 is 2.94 bits per heavy atom. The minimum Gasteiger partial charge on any atom is -0.377 e. The first-order valence-electron chi connectivity index (χ1n) is 5.29. The topological polar surface area (TPSA) is 68.3 Å². The van der Waals surface area contributed by atoms with Crippen LogP contribution < -0.4 is 4.72 Å². The van der Waals surface area contributed by atoms with Crippen LogP contribution in [0.4, 0.5) is 5.69 Å². The standard InChI is InChI=1S/C10H13BrN2O3S/c11-10-4-3-8(6-12-10)13-17(14,15)7-9-2-1-5-16-9/h3-4,6,9,13H,1-2,5,7H2. The molecule has 0 spiro atoms. The van der Waals surface area contributed by atoms with E-state index < -0.39 is 10.0 Å². The fourth-order valence-electron chi connectivity index (χ4n) is 1.68. The molecule has 0 radical (unpaired) electrons. The number of nitrogens with one attached hydrogen (secondary N) is 1. The zero-order valence-electron chi connectivity index (χ0n) is 9.10. The van der Waals surface area contributed by atoms with Gasteiger partial charge in [0.05, 0.1) is 23.7 Å². The van der Waals surface area contributed by atoms with Gasteiger partial charge < -0.3 is 4.74 Å². The van der Waals surface area contributed by atoms with Crippen LogP contribution in [0.15, 0.2) is 22.9 Å². The van der Waals surface area contributed by atoms with Gasteiger partial charge >= 0.3 is 0 Å². The summed E-state index contributed by atoms with van der Waals surface area (Å²) in [6.07, 6.45) is 3.02. The van der Waals surface area contributed by atoms with E-state index in [1.165, 1.54) is 6.20 Å². The second-order valence-corrected chi connectivity index (χ2v) is 6.47. The van der Waals surface area contributed by atoms with Crippen LogP contribution in [0.25, 0.3) is 0 Å². The lowest BCUT2D eigenvalue weighted by Gasteiger charge is -2.11. The summed E-state index contributed by atoms with van der Waals surface area (Å²) in [5.74, 6) is 0.00304. The molecule has 1 aromatic heterocycles. The number of sulfonamides is 1. The highest BCUT2D eigenvalue weighted by Gasteiger charge is 2.23. The summed E-state index contributed by atoms with van der Waals surface area (Å²) in [5.41, 5.74) is 0.464. The number of hydrogen-bond donors (Lipinski definition) is 1. The summed E-state index contributed by atoms with van der Waals surface area (Å²) in [6.45, 7) is 0.653. The number of ether oxygens (including phenoxy) is 1. The Morgan fingerprint density at radius 2 is 2.35 bits per heavy atom. The van der Waals surface area contributed by atoms with E-state index in [1.807, 2.05) is 0 Å². The van der Waals surface area contributed by atoms with Crippen molar-refractivity contribution in [2.75, 3.05) is 17.1 Å². The van der Waals surface area contributed by atoms with Crippen molar-refractivity contribution in [3.05, 3.63) is 22.9 Å². The molecule has 1 aromatic rings. The fourth-order valence-corrected chi connectivity index (χ4v) is 3.23. The van der Waals surface area contributed by atoms with Crippen LogP contribution >= 0.6 is 15.9 Å². The van der Waals surface area contributed by atoms with Crippen LogP contribution in [0.2, 0.25) is 0 Å². The molecule has 1 aliphatic heterocycles. The lowest BCUT2D eigenvalue weighted by atomic mass is 10.3. The number of nitrogens with zero attached hydrogens (tertiary/aromatic N) is 1. The Bertz CT molecular complexity index is 469. The van der Waals surface area contributed by atoms with Crippen LogP contribution in [0.1, 0.15) is 12.8 Å². The molecule has 1 fully saturated rings. The van der Waals surface area contributed by atoms with Crippen LogP contribution in [0, 0.1) is 0 Å². The third-order valence-electron chi connectivity index (χ3n) is 2.43. The first-order valence-corrected chi connectivity index (χ1v) is 7.73. The molecule has 1 aliphatic rings. The second kappa shape index (κ2) is 5.32. The molecule has 0 amide bonds. The maximum Gasteiger partial charge on any atom is 0.235 e. The lowest BCUT2D eigenvalue weighted by molar-refractivity contribution is 0.127. The molecular formula is C10H13BrN2O3S. The van der Waals surface area contributed by atoms with E-state index >= 15 is 0 Å². The zero-order chi connectivity index (χ0) is 12.3. The quantitative estimate of drug-likeness (QED) is 0.858. The minimum absolute atomic E-state index is 0.00304. The van der Waals surface area contributed by atoms with Crippen molar-refractivity contribution in [1.29, 1.82) is 0 Å². The maximum absolute atomic E-state index is 11.8. The highest BCUT2D eigenvalue weighted by atomic mass is 79.9. The van der Waals surface area contributed by atoms with Gasteiger partial charge in [-0.15, -0.1) is 0 Å². The van der Waals surface area contributed by atoms with Crippen molar-refractivity contribution in [2.24, 2.45) is 0 Å². The molecule has 2 heterocycles. The van der Waals surface area contributed by atoms with Gasteiger partial charge in [-0.1, -0.05) is 0 Å². The predicted molar refractivity (Wildman–Crippen MR) is 68.3 cm³/mol. The zero-order valence-corrected chi connectivity index (χ0v) is 11.5.